The van der Waals surface area contributed by atoms with E-state index in [1.54, 1.807) is 0 Å². The van der Waals surface area contributed by atoms with Crippen LogP contribution in [0.15, 0.2) is 103 Å². The fourth-order valence-corrected chi connectivity index (χ4v) is 5.85. The van der Waals surface area contributed by atoms with Crippen LogP contribution in [0.5, 0.6) is 11.5 Å². The minimum atomic E-state index is 0.567. The zero-order valence-corrected chi connectivity index (χ0v) is 27.9. The maximum Gasteiger partial charge on any atom is 0.124 e. The summed E-state index contributed by atoms with van der Waals surface area (Å²) in [5, 5.41) is 0. The maximum absolute atomic E-state index is 6.22. The topological polar surface area (TPSA) is 42.8 Å². The number of aromatic nitrogens is 2. The standard InChI is InChI=1S/C40H50N4O2/c1-4-7-26-44-39-28-37(45-27-14-25-42(5-2)6-3)23-24-38(39)41-40(44)31-43(29-33-15-10-8-11-16-33)30-34-19-21-36(22-20-34)46-32-35-17-12-9-13-18-35/h8-13,15-24,28H,4-7,14,25-27,29-32H2,1-3H3. The summed E-state index contributed by atoms with van der Waals surface area (Å²) in [6.07, 6.45) is 3.26. The predicted molar refractivity (Wildman–Crippen MR) is 189 cm³/mol. The van der Waals surface area contributed by atoms with Gasteiger partial charge in [-0.05, 0) is 66.9 Å². The lowest BCUT2D eigenvalue weighted by Crippen LogP contribution is -2.25. The van der Waals surface area contributed by atoms with Crippen molar-refractivity contribution in [1.82, 2.24) is 19.4 Å². The summed E-state index contributed by atoms with van der Waals surface area (Å²) in [5.74, 6) is 2.91. The highest BCUT2D eigenvalue weighted by molar-refractivity contribution is 5.77. The van der Waals surface area contributed by atoms with Crippen LogP contribution in [-0.4, -0.2) is 45.6 Å². The highest BCUT2D eigenvalue weighted by atomic mass is 16.5. The van der Waals surface area contributed by atoms with E-state index < -0.39 is 0 Å². The molecular weight excluding hydrogens is 568 g/mol. The number of imidazole rings is 1. The summed E-state index contributed by atoms with van der Waals surface area (Å²) < 4.78 is 14.7. The molecule has 6 heteroatoms. The van der Waals surface area contributed by atoms with Gasteiger partial charge in [0.05, 0.1) is 24.2 Å². The Kier molecular flexibility index (Phi) is 12.7. The molecular formula is C40H50N4O2. The van der Waals surface area contributed by atoms with Gasteiger partial charge in [0, 0.05) is 32.2 Å². The van der Waals surface area contributed by atoms with Gasteiger partial charge in [0.25, 0.3) is 0 Å². The van der Waals surface area contributed by atoms with Gasteiger partial charge < -0.3 is 18.9 Å². The van der Waals surface area contributed by atoms with Gasteiger partial charge in [-0.25, -0.2) is 4.98 Å². The first kappa shape index (κ1) is 33.2. The highest BCUT2D eigenvalue weighted by Gasteiger charge is 2.17. The molecule has 0 unspecified atom stereocenters. The number of rotatable bonds is 19. The minimum Gasteiger partial charge on any atom is -0.493 e. The molecule has 5 rings (SSSR count). The number of unbranched alkanes of at least 4 members (excludes halogenated alkanes) is 1. The number of fused-ring (bicyclic) bond motifs is 1. The third kappa shape index (κ3) is 9.68. The Balaban J connectivity index is 1.32. The Hall–Kier alpha value is -4.13. The number of nitrogens with zero attached hydrogens (tertiary/aromatic N) is 4. The zero-order chi connectivity index (χ0) is 32.0. The van der Waals surface area contributed by atoms with E-state index in [4.69, 9.17) is 14.5 Å². The third-order valence-electron chi connectivity index (χ3n) is 8.51. The van der Waals surface area contributed by atoms with E-state index >= 15 is 0 Å². The summed E-state index contributed by atoms with van der Waals surface area (Å²) in [4.78, 5) is 10.1. The fourth-order valence-electron chi connectivity index (χ4n) is 5.85. The third-order valence-corrected chi connectivity index (χ3v) is 8.51. The van der Waals surface area contributed by atoms with Crippen molar-refractivity contribution in [3.05, 3.63) is 126 Å². The second kappa shape index (κ2) is 17.5. The minimum absolute atomic E-state index is 0.567. The average Bonchev–Trinajstić information content (AvgIpc) is 3.43. The molecule has 5 aromatic rings. The van der Waals surface area contributed by atoms with E-state index in [1.165, 1.54) is 16.7 Å². The molecule has 1 aromatic heterocycles. The van der Waals surface area contributed by atoms with Crippen LogP contribution in [0.2, 0.25) is 0 Å². The first-order valence-corrected chi connectivity index (χ1v) is 17.0. The van der Waals surface area contributed by atoms with Gasteiger partial charge in [0.2, 0.25) is 0 Å². The van der Waals surface area contributed by atoms with Crippen LogP contribution in [0.25, 0.3) is 11.0 Å². The van der Waals surface area contributed by atoms with Crippen molar-refractivity contribution in [2.75, 3.05) is 26.2 Å². The summed E-state index contributed by atoms with van der Waals surface area (Å²) in [5.41, 5.74) is 5.90. The van der Waals surface area contributed by atoms with Crippen LogP contribution in [-0.2, 0) is 32.8 Å². The quantitative estimate of drug-likeness (QED) is 0.0866. The number of benzene rings is 4. The van der Waals surface area contributed by atoms with E-state index in [-0.39, 0.29) is 0 Å². The van der Waals surface area contributed by atoms with Crippen molar-refractivity contribution in [3.63, 3.8) is 0 Å². The molecule has 0 aliphatic carbocycles. The molecule has 6 nitrogen and oxygen atoms in total. The summed E-state index contributed by atoms with van der Waals surface area (Å²) in [6.45, 7) is 14.5. The van der Waals surface area contributed by atoms with Crippen LogP contribution in [0.3, 0.4) is 0 Å². The lowest BCUT2D eigenvalue weighted by molar-refractivity contribution is 0.237. The highest BCUT2D eigenvalue weighted by Crippen LogP contribution is 2.25. The lowest BCUT2D eigenvalue weighted by Gasteiger charge is -2.23. The molecule has 4 aromatic carbocycles. The monoisotopic (exact) mass is 618 g/mol. The number of ether oxygens (including phenoxy) is 2. The van der Waals surface area contributed by atoms with Gasteiger partial charge >= 0.3 is 0 Å². The van der Waals surface area contributed by atoms with E-state index in [9.17, 15) is 0 Å². The Morgan fingerprint density at radius 2 is 1.28 bits per heavy atom. The van der Waals surface area contributed by atoms with Crippen molar-refractivity contribution in [3.8, 4) is 11.5 Å². The first-order chi connectivity index (χ1) is 22.6. The Labute approximate surface area is 275 Å². The zero-order valence-electron chi connectivity index (χ0n) is 27.9. The molecule has 0 aliphatic heterocycles. The second-order valence-corrected chi connectivity index (χ2v) is 12.0. The SMILES string of the molecule is CCCCn1c(CN(Cc2ccccc2)Cc2ccc(OCc3ccccc3)cc2)nc2ccc(OCCCN(CC)CC)cc21. The number of hydrogen-bond acceptors (Lipinski definition) is 5. The van der Waals surface area contributed by atoms with Gasteiger partial charge in [-0.2, -0.15) is 0 Å². The molecule has 0 saturated carbocycles. The van der Waals surface area contributed by atoms with Gasteiger partial charge in [-0.1, -0.05) is 100.0 Å². The lowest BCUT2D eigenvalue weighted by atomic mass is 10.1. The number of aryl methyl sites for hydroxylation is 1. The van der Waals surface area contributed by atoms with E-state index in [1.807, 2.05) is 18.2 Å². The van der Waals surface area contributed by atoms with E-state index in [0.29, 0.717) is 6.61 Å². The van der Waals surface area contributed by atoms with Crippen LogP contribution in [0.4, 0.5) is 0 Å². The Morgan fingerprint density at radius 1 is 0.630 bits per heavy atom. The molecule has 0 spiro atoms. The van der Waals surface area contributed by atoms with Gasteiger partial charge in [-0.15, -0.1) is 0 Å². The number of hydrogen-bond donors (Lipinski definition) is 0. The fraction of sp³-hybridized carbons (Fsp3) is 0.375. The van der Waals surface area contributed by atoms with Crippen LogP contribution >= 0.6 is 0 Å². The maximum atomic E-state index is 6.22. The van der Waals surface area contributed by atoms with Gasteiger partial charge in [0.15, 0.2) is 0 Å². The smallest absolute Gasteiger partial charge is 0.124 e. The van der Waals surface area contributed by atoms with Crippen molar-refractivity contribution < 1.29 is 9.47 Å². The van der Waals surface area contributed by atoms with Crippen molar-refractivity contribution >= 4 is 11.0 Å². The predicted octanol–water partition coefficient (Wildman–Crippen LogP) is 8.73. The van der Waals surface area contributed by atoms with Crippen molar-refractivity contribution in [2.45, 2.75) is 72.8 Å². The van der Waals surface area contributed by atoms with Crippen molar-refractivity contribution in [1.29, 1.82) is 0 Å². The van der Waals surface area contributed by atoms with Gasteiger partial charge in [-0.3, -0.25) is 4.90 Å². The molecule has 0 fully saturated rings. The molecule has 0 radical (unpaired) electrons. The average molecular weight is 619 g/mol. The van der Waals surface area contributed by atoms with Crippen molar-refractivity contribution in [2.24, 2.45) is 0 Å². The first-order valence-electron chi connectivity index (χ1n) is 17.0. The Morgan fingerprint density at radius 3 is 1.96 bits per heavy atom. The molecule has 242 valence electrons. The molecule has 46 heavy (non-hydrogen) atoms. The Bertz CT molecular complexity index is 1580. The molecule has 0 bridgehead atoms. The summed E-state index contributed by atoms with van der Waals surface area (Å²) in [6, 6.07) is 35.9. The van der Waals surface area contributed by atoms with E-state index in [2.05, 4.69) is 120 Å². The largest absolute Gasteiger partial charge is 0.493 e. The molecule has 0 saturated heterocycles. The molecule has 0 aliphatic rings. The van der Waals surface area contributed by atoms with Gasteiger partial charge in [0.1, 0.15) is 23.9 Å². The van der Waals surface area contributed by atoms with Crippen LogP contribution in [0.1, 0.15) is 62.5 Å². The summed E-state index contributed by atoms with van der Waals surface area (Å²) >= 11 is 0. The second-order valence-electron chi connectivity index (χ2n) is 12.0. The van der Waals surface area contributed by atoms with E-state index in [0.717, 1.165) is 100 Å². The molecule has 0 N–H and O–H groups in total. The molecule has 0 atom stereocenters. The molecule has 1 heterocycles. The van der Waals surface area contributed by atoms with Crippen LogP contribution < -0.4 is 9.47 Å². The van der Waals surface area contributed by atoms with Crippen LogP contribution in [0, 0.1) is 0 Å². The molecule has 0 amide bonds. The normalized spacial score (nSPS) is 11.5. The summed E-state index contributed by atoms with van der Waals surface area (Å²) in [7, 11) is 0.